The Balaban J connectivity index is 3.43. The number of ether oxygens (including phenoxy) is 3. The van der Waals surface area contributed by atoms with Crippen LogP contribution in [0.3, 0.4) is 0 Å². The minimum Gasteiger partial charge on any atom is -0.434 e. The first-order valence-corrected chi connectivity index (χ1v) is 4.13. The third kappa shape index (κ3) is 7.11. The molecule has 0 fully saturated rings. The van der Waals surface area contributed by atoms with Crippen LogP contribution in [0.2, 0.25) is 0 Å². The second-order valence-corrected chi connectivity index (χ2v) is 2.37. The largest absolute Gasteiger partial charge is 0.511 e. The third-order valence-corrected chi connectivity index (χ3v) is 1.23. The lowest BCUT2D eigenvalue weighted by molar-refractivity contribution is -0.152. The molecule has 0 bridgehead atoms. The van der Waals surface area contributed by atoms with Gasteiger partial charge in [0.2, 0.25) is 6.29 Å². The van der Waals surface area contributed by atoms with Crippen LogP contribution in [0.25, 0.3) is 0 Å². The molecule has 76 valence electrons. The first-order valence-electron chi connectivity index (χ1n) is 4.13. The van der Waals surface area contributed by atoms with E-state index in [4.69, 9.17) is 0 Å². The molecule has 0 aromatic heterocycles. The van der Waals surface area contributed by atoms with Crippen molar-refractivity contribution in [2.24, 2.45) is 0 Å². The van der Waals surface area contributed by atoms with E-state index in [0.29, 0.717) is 6.61 Å². The molecule has 0 saturated carbocycles. The molecular formula is C8H14O5. The number of unbranched alkanes of at least 4 members (excludes halogenated alkanes) is 1. The molecule has 0 amide bonds. The maximum Gasteiger partial charge on any atom is 0.511 e. The van der Waals surface area contributed by atoms with Crippen LogP contribution >= 0.6 is 0 Å². The van der Waals surface area contributed by atoms with Gasteiger partial charge in [0.1, 0.15) is 0 Å². The van der Waals surface area contributed by atoms with Crippen molar-refractivity contribution in [3.05, 3.63) is 0 Å². The Labute approximate surface area is 77.0 Å². The molecule has 1 unspecified atom stereocenters. The van der Waals surface area contributed by atoms with Crippen LogP contribution in [0.5, 0.6) is 0 Å². The van der Waals surface area contributed by atoms with Gasteiger partial charge >= 0.3 is 6.16 Å². The molecule has 0 rings (SSSR count). The summed E-state index contributed by atoms with van der Waals surface area (Å²) in [5.41, 5.74) is 0. The van der Waals surface area contributed by atoms with Crippen LogP contribution in [0.15, 0.2) is 0 Å². The van der Waals surface area contributed by atoms with E-state index in [2.05, 4.69) is 14.2 Å². The summed E-state index contributed by atoms with van der Waals surface area (Å²) in [6.45, 7) is 3.94. The van der Waals surface area contributed by atoms with Gasteiger partial charge in [0, 0.05) is 6.92 Å². The topological polar surface area (TPSA) is 61.8 Å². The average Bonchev–Trinajstić information content (AvgIpc) is 2.05. The molecule has 0 aliphatic heterocycles. The maximum atomic E-state index is 10.8. The van der Waals surface area contributed by atoms with Gasteiger partial charge in [-0.3, -0.25) is 4.79 Å². The molecule has 5 nitrogen and oxygen atoms in total. The van der Waals surface area contributed by atoms with Crippen molar-refractivity contribution in [2.45, 2.75) is 33.0 Å². The van der Waals surface area contributed by atoms with Crippen LogP contribution in [-0.4, -0.2) is 25.5 Å². The Kier molecular flexibility index (Phi) is 6.68. The van der Waals surface area contributed by atoms with E-state index in [9.17, 15) is 9.59 Å². The van der Waals surface area contributed by atoms with Gasteiger partial charge in [0.05, 0.1) is 6.61 Å². The lowest BCUT2D eigenvalue weighted by Gasteiger charge is -2.10. The Morgan fingerprint density at radius 2 is 2.23 bits per heavy atom. The molecule has 0 aromatic rings. The van der Waals surface area contributed by atoms with E-state index in [1.165, 1.54) is 6.92 Å². The van der Waals surface area contributed by atoms with Gasteiger partial charge in [-0.25, -0.2) is 4.79 Å². The molecule has 0 aliphatic carbocycles. The molecule has 0 aromatic carbocycles. The summed E-state index contributed by atoms with van der Waals surface area (Å²) >= 11 is 0. The number of carbonyl (C=O) groups is 2. The summed E-state index contributed by atoms with van der Waals surface area (Å²) in [7, 11) is 0. The van der Waals surface area contributed by atoms with Crippen LogP contribution in [0, 0.1) is 0 Å². The number of hydrogen-bond acceptors (Lipinski definition) is 5. The second-order valence-electron chi connectivity index (χ2n) is 2.37. The highest BCUT2D eigenvalue weighted by atomic mass is 16.8. The third-order valence-electron chi connectivity index (χ3n) is 1.23. The minimum absolute atomic E-state index is 0.212. The van der Waals surface area contributed by atoms with Gasteiger partial charge in [0.15, 0.2) is 0 Å². The summed E-state index contributed by atoms with van der Waals surface area (Å²) in [5.74, 6) is 0. The summed E-state index contributed by atoms with van der Waals surface area (Å²) < 4.78 is 13.5. The zero-order chi connectivity index (χ0) is 10.1. The highest BCUT2D eigenvalue weighted by Gasteiger charge is 2.09. The predicted octanol–water partition coefficient (Wildman–Crippen LogP) is 1.46. The standard InChI is InChI=1S/C8H14O5/c1-3-4-5-11-8(10)13-7(2)12-6-9/h6-7H,3-5H2,1-2H3. The van der Waals surface area contributed by atoms with E-state index in [1.54, 1.807) is 0 Å². The van der Waals surface area contributed by atoms with Crippen molar-refractivity contribution in [1.82, 2.24) is 0 Å². The summed E-state index contributed by atoms with van der Waals surface area (Å²) in [6.07, 6.45) is 0.0144. The fourth-order valence-electron chi connectivity index (χ4n) is 0.575. The van der Waals surface area contributed by atoms with Gasteiger partial charge in [-0.1, -0.05) is 13.3 Å². The Morgan fingerprint density at radius 1 is 1.54 bits per heavy atom. The zero-order valence-electron chi connectivity index (χ0n) is 7.82. The molecular weight excluding hydrogens is 176 g/mol. The highest BCUT2D eigenvalue weighted by molar-refractivity contribution is 5.60. The van der Waals surface area contributed by atoms with Gasteiger partial charge in [0.25, 0.3) is 6.47 Å². The zero-order valence-corrected chi connectivity index (χ0v) is 7.82. The molecule has 5 heteroatoms. The average molecular weight is 190 g/mol. The van der Waals surface area contributed by atoms with Crippen molar-refractivity contribution < 1.29 is 23.8 Å². The summed E-state index contributed by atoms with van der Waals surface area (Å²) in [6, 6.07) is 0. The second kappa shape index (κ2) is 7.39. The van der Waals surface area contributed by atoms with Gasteiger partial charge < -0.3 is 14.2 Å². The lowest BCUT2D eigenvalue weighted by atomic mass is 10.4. The van der Waals surface area contributed by atoms with Crippen molar-refractivity contribution in [3.63, 3.8) is 0 Å². The van der Waals surface area contributed by atoms with E-state index >= 15 is 0 Å². The first-order chi connectivity index (χ1) is 6.20. The minimum atomic E-state index is -0.897. The molecule has 1 atom stereocenters. The van der Waals surface area contributed by atoms with Crippen molar-refractivity contribution in [1.29, 1.82) is 0 Å². The molecule has 13 heavy (non-hydrogen) atoms. The predicted molar refractivity (Wildman–Crippen MR) is 44.0 cm³/mol. The smallest absolute Gasteiger partial charge is 0.434 e. The molecule has 0 N–H and O–H groups in total. The van der Waals surface area contributed by atoms with E-state index in [1.807, 2.05) is 6.92 Å². The van der Waals surface area contributed by atoms with Gasteiger partial charge in [-0.05, 0) is 6.42 Å². The van der Waals surface area contributed by atoms with Crippen LogP contribution in [0.4, 0.5) is 4.79 Å². The molecule has 0 spiro atoms. The first kappa shape index (κ1) is 11.7. The Hall–Kier alpha value is -1.26. The number of rotatable bonds is 6. The SMILES string of the molecule is CCCCOC(=O)OC(C)OC=O. The quantitative estimate of drug-likeness (QED) is 0.274. The van der Waals surface area contributed by atoms with Crippen LogP contribution in [-0.2, 0) is 19.0 Å². The molecule has 0 saturated heterocycles. The molecule has 0 radical (unpaired) electrons. The fourth-order valence-corrected chi connectivity index (χ4v) is 0.575. The van der Waals surface area contributed by atoms with E-state index in [0.717, 1.165) is 12.8 Å². The van der Waals surface area contributed by atoms with Crippen LogP contribution < -0.4 is 0 Å². The van der Waals surface area contributed by atoms with Crippen molar-refractivity contribution >= 4 is 12.6 Å². The highest BCUT2D eigenvalue weighted by Crippen LogP contribution is 1.96. The van der Waals surface area contributed by atoms with Crippen LogP contribution in [0.1, 0.15) is 26.7 Å². The molecule has 0 heterocycles. The summed E-state index contributed by atoms with van der Waals surface area (Å²) in [5, 5.41) is 0. The van der Waals surface area contributed by atoms with Gasteiger partial charge in [-0.15, -0.1) is 0 Å². The van der Waals surface area contributed by atoms with Crippen molar-refractivity contribution in [3.8, 4) is 0 Å². The normalized spacial score (nSPS) is 11.5. The van der Waals surface area contributed by atoms with E-state index < -0.39 is 12.4 Å². The van der Waals surface area contributed by atoms with E-state index in [-0.39, 0.29) is 6.47 Å². The van der Waals surface area contributed by atoms with Gasteiger partial charge in [-0.2, -0.15) is 0 Å². The van der Waals surface area contributed by atoms with Crippen molar-refractivity contribution in [2.75, 3.05) is 6.61 Å². The lowest BCUT2D eigenvalue weighted by Crippen LogP contribution is -2.18. The Morgan fingerprint density at radius 3 is 2.77 bits per heavy atom. The summed E-state index contributed by atoms with van der Waals surface area (Å²) in [4.78, 5) is 20.6. The maximum absolute atomic E-state index is 10.8. The fraction of sp³-hybridized carbons (Fsp3) is 0.750. The Bertz CT molecular complexity index is 157. The number of hydrogen-bond donors (Lipinski definition) is 0. The monoisotopic (exact) mass is 190 g/mol. The number of carbonyl (C=O) groups excluding carboxylic acids is 2. The molecule has 0 aliphatic rings.